The van der Waals surface area contributed by atoms with E-state index in [2.05, 4.69) is 10.3 Å². The van der Waals surface area contributed by atoms with Crippen LogP contribution in [0.25, 0.3) is 6.08 Å². The number of benzene rings is 2. The van der Waals surface area contributed by atoms with Crippen LogP contribution in [0.5, 0.6) is 5.75 Å². The summed E-state index contributed by atoms with van der Waals surface area (Å²) in [6.45, 7) is 4.76. The molecule has 2 aromatic rings. The van der Waals surface area contributed by atoms with Gasteiger partial charge >= 0.3 is 0 Å². The van der Waals surface area contributed by atoms with Crippen molar-refractivity contribution in [1.29, 1.82) is 0 Å². The number of nitrogens with one attached hydrogen (secondary N) is 1. The number of aliphatic imine (C=N–C) groups is 1. The Morgan fingerprint density at radius 3 is 2.63 bits per heavy atom. The highest BCUT2D eigenvalue weighted by Gasteiger charge is 2.32. The third-order valence-electron chi connectivity index (χ3n) is 4.19. The van der Waals surface area contributed by atoms with Gasteiger partial charge in [-0.25, -0.2) is 4.39 Å². The molecule has 2 amide bonds. The molecular weight excluding hydrogens is 405 g/mol. The molecule has 0 unspecified atom stereocenters. The zero-order valence-electron chi connectivity index (χ0n) is 16.7. The quantitative estimate of drug-likeness (QED) is 0.674. The lowest BCUT2D eigenvalue weighted by Crippen LogP contribution is -2.28. The molecule has 0 atom stereocenters. The summed E-state index contributed by atoms with van der Waals surface area (Å²) in [4.78, 5) is 31.4. The standard InChI is InChI=1S/C22H22FN3O3S/c1-3-24-22-26(4-2)21(28)19(30-22)13-15-7-5-6-8-18(15)29-14-20(27)25-17-11-9-16(23)10-12-17/h5-13H,3-4,14H2,1-2H3,(H,25,27)/b19-13+,24-22?. The molecule has 6 nitrogen and oxygen atoms in total. The highest BCUT2D eigenvalue weighted by atomic mass is 32.2. The molecule has 0 spiro atoms. The Morgan fingerprint density at radius 2 is 1.93 bits per heavy atom. The van der Waals surface area contributed by atoms with Gasteiger partial charge in [0.2, 0.25) is 0 Å². The van der Waals surface area contributed by atoms with Crippen LogP contribution in [0.2, 0.25) is 0 Å². The first-order valence-electron chi connectivity index (χ1n) is 9.55. The molecule has 0 aliphatic carbocycles. The zero-order chi connectivity index (χ0) is 21.5. The van der Waals surface area contributed by atoms with Crippen molar-refractivity contribution in [3.8, 4) is 5.75 Å². The smallest absolute Gasteiger partial charge is 0.266 e. The molecule has 8 heteroatoms. The van der Waals surface area contributed by atoms with Gasteiger partial charge in [-0.3, -0.25) is 19.5 Å². The normalized spacial score (nSPS) is 16.4. The first kappa shape index (κ1) is 21.6. The fraction of sp³-hybridized carbons (Fsp3) is 0.227. The van der Waals surface area contributed by atoms with Crippen LogP contribution < -0.4 is 10.1 Å². The molecule has 0 radical (unpaired) electrons. The number of halogens is 1. The molecule has 0 saturated carbocycles. The number of amides is 2. The molecule has 0 aromatic heterocycles. The number of anilines is 1. The molecule has 1 N–H and O–H groups in total. The number of rotatable bonds is 7. The zero-order valence-corrected chi connectivity index (χ0v) is 17.5. The third-order valence-corrected chi connectivity index (χ3v) is 5.23. The second-order valence-corrected chi connectivity index (χ2v) is 7.31. The largest absolute Gasteiger partial charge is 0.483 e. The van der Waals surface area contributed by atoms with E-state index < -0.39 is 0 Å². The lowest BCUT2D eigenvalue weighted by Gasteiger charge is -2.11. The number of carbonyl (C=O) groups is 2. The molecule has 1 fully saturated rings. The summed E-state index contributed by atoms with van der Waals surface area (Å²) in [7, 11) is 0. The minimum Gasteiger partial charge on any atom is -0.483 e. The van der Waals surface area contributed by atoms with Crippen molar-refractivity contribution >= 4 is 40.5 Å². The van der Waals surface area contributed by atoms with Gasteiger partial charge < -0.3 is 10.1 Å². The highest BCUT2D eigenvalue weighted by Crippen LogP contribution is 2.34. The number of ether oxygens (including phenoxy) is 1. The van der Waals surface area contributed by atoms with E-state index in [4.69, 9.17) is 4.74 Å². The maximum absolute atomic E-state index is 13.0. The van der Waals surface area contributed by atoms with Crippen molar-refractivity contribution in [3.63, 3.8) is 0 Å². The molecule has 0 bridgehead atoms. The molecule has 1 heterocycles. The number of nitrogens with zero attached hydrogens (tertiary/aromatic N) is 2. The van der Waals surface area contributed by atoms with Crippen LogP contribution in [0.15, 0.2) is 58.4 Å². The van der Waals surface area contributed by atoms with E-state index >= 15 is 0 Å². The van der Waals surface area contributed by atoms with Crippen LogP contribution in [-0.4, -0.2) is 41.6 Å². The van der Waals surface area contributed by atoms with Crippen molar-refractivity contribution in [2.24, 2.45) is 4.99 Å². The van der Waals surface area contributed by atoms with Gasteiger partial charge in [0.05, 0.1) is 4.91 Å². The molecule has 2 aromatic carbocycles. The second-order valence-electron chi connectivity index (χ2n) is 6.30. The number of thioether (sulfide) groups is 1. The summed E-state index contributed by atoms with van der Waals surface area (Å²) < 4.78 is 18.6. The Bertz CT molecular complexity index is 989. The predicted octanol–water partition coefficient (Wildman–Crippen LogP) is 4.16. The topological polar surface area (TPSA) is 71.0 Å². The van der Waals surface area contributed by atoms with E-state index in [1.807, 2.05) is 26.0 Å². The average Bonchev–Trinajstić information content (AvgIpc) is 3.03. The van der Waals surface area contributed by atoms with Gasteiger partial charge in [0, 0.05) is 24.3 Å². The summed E-state index contributed by atoms with van der Waals surface area (Å²) in [6, 6.07) is 12.7. The van der Waals surface area contributed by atoms with Crippen molar-refractivity contribution in [1.82, 2.24) is 4.90 Å². The second kappa shape index (κ2) is 10.1. The number of hydrogen-bond acceptors (Lipinski definition) is 5. The van der Waals surface area contributed by atoms with E-state index in [1.54, 1.807) is 23.1 Å². The molecule has 156 valence electrons. The maximum Gasteiger partial charge on any atom is 0.266 e. The maximum atomic E-state index is 13.0. The van der Waals surface area contributed by atoms with Crippen LogP contribution >= 0.6 is 11.8 Å². The Hall–Kier alpha value is -3.13. The van der Waals surface area contributed by atoms with E-state index in [9.17, 15) is 14.0 Å². The lowest BCUT2D eigenvalue weighted by molar-refractivity contribution is -0.122. The minimum atomic E-state index is -0.376. The summed E-state index contributed by atoms with van der Waals surface area (Å²) in [5.74, 6) is -0.362. The fourth-order valence-electron chi connectivity index (χ4n) is 2.79. The fourth-order valence-corrected chi connectivity index (χ4v) is 3.88. The van der Waals surface area contributed by atoms with Crippen LogP contribution in [0.3, 0.4) is 0 Å². The average molecular weight is 428 g/mol. The van der Waals surface area contributed by atoms with Crippen molar-refractivity contribution in [3.05, 3.63) is 64.8 Å². The number of hydrogen-bond donors (Lipinski definition) is 1. The summed E-state index contributed by atoms with van der Waals surface area (Å²) in [6.07, 6.45) is 1.75. The van der Waals surface area contributed by atoms with E-state index in [1.165, 1.54) is 36.0 Å². The molecular formula is C22H22FN3O3S. The highest BCUT2D eigenvalue weighted by molar-refractivity contribution is 8.18. The van der Waals surface area contributed by atoms with E-state index in [0.29, 0.717) is 40.2 Å². The first-order chi connectivity index (χ1) is 14.5. The molecule has 1 aliphatic rings. The molecule has 30 heavy (non-hydrogen) atoms. The third kappa shape index (κ3) is 5.27. The summed E-state index contributed by atoms with van der Waals surface area (Å²) >= 11 is 1.33. The number of para-hydroxylation sites is 1. The SMILES string of the molecule is CCN=C1S/C(=C/c2ccccc2OCC(=O)Nc2ccc(F)cc2)C(=O)N1CC. The number of carbonyl (C=O) groups excluding carboxylic acids is 2. The van der Waals surface area contributed by atoms with Gasteiger partial charge in [0.25, 0.3) is 11.8 Å². The van der Waals surface area contributed by atoms with Gasteiger partial charge in [-0.15, -0.1) is 0 Å². The Kier molecular flexibility index (Phi) is 7.24. The van der Waals surface area contributed by atoms with Gasteiger partial charge in [-0.1, -0.05) is 18.2 Å². The van der Waals surface area contributed by atoms with Crippen molar-refractivity contribution in [2.45, 2.75) is 13.8 Å². The Morgan fingerprint density at radius 1 is 1.20 bits per heavy atom. The molecule has 1 saturated heterocycles. The number of likely N-dealkylation sites (N-methyl/N-ethyl adjacent to an activating group) is 1. The first-order valence-corrected chi connectivity index (χ1v) is 10.4. The van der Waals surface area contributed by atoms with Crippen LogP contribution in [0.4, 0.5) is 10.1 Å². The predicted molar refractivity (Wildman–Crippen MR) is 118 cm³/mol. The van der Waals surface area contributed by atoms with Crippen molar-refractivity contribution < 1.29 is 18.7 Å². The van der Waals surface area contributed by atoms with Gasteiger partial charge in [0.15, 0.2) is 11.8 Å². The van der Waals surface area contributed by atoms with Crippen molar-refractivity contribution in [2.75, 3.05) is 25.0 Å². The van der Waals surface area contributed by atoms with Crippen LogP contribution in [0.1, 0.15) is 19.4 Å². The van der Waals surface area contributed by atoms with Crippen LogP contribution in [-0.2, 0) is 9.59 Å². The summed E-state index contributed by atoms with van der Waals surface area (Å²) in [5.41, 5.74) is 1.17. The Labute approximate surface area is 178 Å². The van der Waals surface area contributed by atoms with Gasteiger partial charge in [0.1, 0.15) is 11.6 Å². The van der Waals surface area contributed by atoms with E-state index in [0.717, 1.165) is 0 Å². The number of amidine groups is 1. The molecule has 1 aliphatic heterocycles. The summed E-state index contributed by atoms with van der Waals surface area (Å²) in [5, 5.41) is 3.33. The van der Waals surface area contributed by atoms with Gasteiger partial charge in [-0.2, -0.15) is 0 Å². The monoisotopic (exact) mass is 427 g/mol. The molecule has 3 rings (SSSR count). The van der Waals surface area contributed by atoms with Crippen LogP contribution in [0, 0.1) is 5.82 Å². The van der Waals surface area contributed by atoms with Gasteiger partial charge in [-0.05, 0) is 62.0 Å². The lowest BCUT2D eigenvalue weighted by atomic mass is 10.2. The minimum absolute atomic E-state index is 0.0986. The Balaban J connectivity index is 1.71. The van der Waals surface area contributed by atoms with E-state index in [-0.39, 0.29) is 24.2 Å².